The molecule has 1 amide bonds. The van der Waals surface area contributed by atoms with Crippen molar-refractivity contribution < 1.29 is 27.9 Å². The number of carbonyl (C=O) groups is 1. The number of benzene rings is 3. The van der Waals surface area contributed by atoms with E-state index in [-0.39, 0.29) is 53.3 Å². The third-order valence-electron chi connectivity index (χ3n) is 14.7. The number of carbonyl (C=O) groups excluding carboxylic acids is 1. The predicted molar refractivity (Wildman–Crippen MR) is 253 cm³/mol. The largest absolute Gasteiger partial charge is 0.438 e. The fourth-order valence-electron chi connectivity index (χ4n) is 11.2. The SMILES string of the molecule is Cc1cc(-n2nc3c(c2-n2ccn(-c4ccc5c(cnn5CC(C)(C)O)c4F)c2=O)[C@H](C)N(C(=O)c2cc4cc(C5CCOC(C)(C)C5)ccc4n2[C@@]2(c4noc(=O)[nH]4)C[C@@H]2C)CC3)cc(C)c1F. The number of halogens is 2. The molecule has 2 fully saturated rings. The highest BCUT2D eigenvalue weighted by molar-refractivity contribution is 6.00. The second kappa shape index (κ2) is 15.5. The molecule has 0 radical (unpaired) electrons. The van der Waals surface area contributed by atoms with Gasteiger partial charge in [-0.25, -0.2) is 23.1 Å². The first-order valence-corrected chi connectivity index (χ1v) is 23.5. The Labute approximate surface area is 394 Å². The van der Waals surface area contributed by atoms with E-state index in [0.717, 1.165) is 29.3 Å². The van der Waals surface area contributed by atoms with Gasteiger partial charge < -0.3 is 19.3 Å². The lowest BCUT2D eigenvalue weighted by atomic mass is 9.83. The molecule has 8 aromatic rings. The van der Waals surface area contributed by atoms with E-state index in [2.05, 4.69) is 54.2 Å². The number of amides is 1. The monoisotopic (exact) mass is 940 g/mol. The predicted octanol–water partition coefficient (Wildman–Crippen LogP) is 7.68. The first-order chi connectivity index (χ1) is 32.7. The zero-order valence-electron chi connectivity index (χ0n) is 39.8. The maximum absolute atomic E-state index is 16.5. The Bertz CT molecular complexity index is 3500. The summed E-state index contributed by atoms with van der Waals surface area (Å²) in [5.74, 6) is -1.09. The number of fused-ring (bicyclic) bond motifs is 3. The van der Waals surface area contributed by atoms with Crippen molar-refractivity contribution >= 4 is 27.7 Å². The summed E-state index contributed by atoms with van der Waals surface area (Å²) < 4.78 is 50.6. The molecule has 1 saturated carbocycles. The van der Waals surface area contributed by atoms with Gasteiger partial charge in [0.2, 0.25) is 0 Å². The van der Waals surface area contributed by atoms with E-state index in [9.17, 15) is 14.7 Å². The second-order valence-electron chi connectivity index (χ2n) is 20.6. The number of aliphatic hydroxyl groups is 1. The molecule has 1 unspecified atom stereocenters. The molecule has 2 N–H and O–H groups in total. The Morgan fingerprint density at radius 2 is 1.70 bits per heavy atom. The average molecular weight is 941 g/mol. The molecule has 358 valence electrons. The van der Waals surface area contributed by atoms with Crippen LogP contribution in [0.15, 0.2) is 81.2 Å². The van der Waals surface area contributed by atoms with E-state index < -0.39 is 34.4 Å². The van der Waals surface area contributed by atoms with Gasteiger partial charge in [-0.1, -0.05) is 18.1 Å². The van der Waals surface area contributed by atoms with Crippen molar-refractivity contribution in [3.8, 4) is 17.2 Å². The summed E-state index contributed by atoms with van der Waals surface area (Å²) in [6, 6.07) is 14.1. The molecule has 69 heavy (non-hydrogen) atoms. The van der Waals surface area contributed by atoms with Crippen LogP contribution in [0.1, 0.15) is 117 Å². The summed E-state index contributed by atoms with van der Waals surface area (Å²) >= 11 is 0. The summed E-state index contributed by atoms with van der Waals surface area (Å²) in [4.78, 5) is 47.5. The van der Waals surface area contributed by atoms with Crippen molar-refractivity contribution in [2.75, 3.05) is 13.2 Å². The third kappa shape index (κ3) is 7.12. The molecule has 11 rings (SSSR count). The minimum atomic E-state index is -1.11. The molecule has 16 nitrogen and oxygen atoms in total. The molecule has 1 aliphatic carbocycles. The molecular weight excluding hydrogens is 887 g/mol. The summed E-state index contributed by atoms with van der Waals surface area (Å²) in [7, 11) is 0. The van der Waals surface area contributed by atoms with Crippen LogP contribution in [0.2, 0.25) is 0 Å². The lowest BCUT2D eigenvalue weighted by Crippen LogP contribution is -2.41. The summed E-state index contributed by atoms with van der Waals surface area (Å²) in [6.07, 6.45) is 7.03. The van der Waals surface area contributed by atoms with E-state index >= 15 is 13.6 Å². The maximum Gasteiger partial charge on any atom is 0.438 e. The first kappa shape index (κ1) is 44.6. The van der Waals surface area contributed by atoms with Crippen LogP contribution in [0, 0.1) is 31.4 Å². The lowest BCUT2D eigenvalue weighted by Gasteiger charge is -2.35. The molecule has 1 saturated heterocycles. The van der Waals surface area contributed by atoms with E-state index in [1.165, 1.54) is 32.3 Å². The number of aromatic nitrogens is 9. The number of nitrogens with one attached hydrogen (secondary N) is 1. The van der Waals surface area contributed by atoms with Gasteiger partial charge in [-0.3, -0.25) is 28.1 Å². The van der Waals surface area contributed by atoms with Gasteiger partial charge in [0.25, 0.3) is 5.91 Å². The zero-order valence-corrected chi connectivity index (χ0v) is 39.8. The molecule has 2 aliphatic heterocycles. The summed E-state index contributed by atoms with van der Waals surface area (Å²) in [5, 5.41) is 25.1. The van der Waals surface area contributed by atoms with Crippen molar-refractivity contribution in [3.05, 3.63) is 139 Å². The van der Waals surface area contributed by atoms with Crippen molar-refractivity contribution in [1.29, 1.82) is 0 Å². The number of nitrogens with zero attached hydrogens (tertiary/aromatic N) is 9. The highest BCUT2D eigenvalue weighted by Gasteiger charge is 2.59. The highest BCUT2D eigenvalue weighted by atomic mass is 19.1. The number of hydrogen-bond acceptors (Lipinski definition) is 9. The van der Waals surface area contributed by atoms with Crippen molar-refractivity contribution in [2.45, 2.75) is 116 Å². The van der Waals surface area contributed by atoms with Crippen LogP contribution >= 0.6 is 0 Å². The second-order valence-corrected chi connectivity index (χ2v) is 20.6. The lowest BCUT2D eigenvalue weighted by molar-refractivity contribution is -0.0592. The zero-order chi connectivity index (χ0) is 48.6. The number of hydrogen-bond donors (Lipinski definition) is 2. The van der Waals surface area contributed by atoms with E-state index in [1.807, 2.05) is 17.6 Å². The molecule has 3 aliphatic rings. The van der Waals surface area contributed by atoms with Crippen LogP contribution in [0.3, 0.4) is 0 Å². The number of aromatic amines is 1. The Hall–Kier alpha value is -6.92. The molecule has 5 aromatic heterocycles. The standard InChI is InChI=1S/C51H54F2N10O6/c1-27-19-34(20-28(2)42(27)52)63-44(60-17-16-59(48(60)66)39-12-11-38-35(43(39)53)25-54-61(38)26-49(5,6)67)41-30(4)58(15-13-36(41)56-63)45(64)40-22-33-21-31(32-14-18-68-50(7,8)24-32)9-10-37(33)62(40)51(23-29(51)3)46-55-47(65)69-57-46/h9-12,16-17,19-22,25,29-30,32,67H,13-15,18,23-24,26H2,1-8H3,(H,55,57,65)/t29-,30-,32?,51-/m0/s1. The summed E-state index contributed by atoms with van der Waals surface area (Å²) in [6.45, 7) is 15.8. The van der Waals surface area contributed by atoms with Crippen molar-refractivity contribution in [2.24, 2.45) is 5.92 Å². The van der Waals surface area contributed by atoms with E-state index in [1.54, 1.807) is 61.7 Å². The molecule has 4 atom stereocenters. The maximum atomic E-state index is 16.5. The minimum Gasteiger partial charge on any atom is -0.389 e. The Balaban J connectivity index is 1.04. The molecule has 7 heterocycles. The number of aryl methyl sites for hydroxylation is 2. The molecule has 18 heteroatoms. The molecular formula is C51H54F2N10O6. The van der Waals surface area contributed by atoms with Gasteiger partial charge in [0.1, 0.15) is 22.9 Å². The van der Waals surface area contributed by atoms with Crippen LogP contribution < -0.4 is 11.4 Å². The van der Waals surface area contributed by atoms with Crippen LogP contribution in [-0.4, -0.2) is 83.7 Å². The molecule has 0 bridgehead atoms. The third-order valence-corrected chi connectivity index (χ3v) is 14.7. The average Bonchev–Trinajstić information content (AvgIpc) is 3.93. The number of rotatable bonds is 9. The van der Waals surface area contributed by atoms with Gasteiger partial charge in [0.05, 0.1) is 58.0 Å². The van der Waals surface area contributed by atoms with Crippen LogP contribution in [0.4, 0.5) is 8.78 Å². The Morgan fingerprint density at radius 1 is 0.971 bits per heavy atom. The Kier molecular flexibility index (Phi) is 10.0. The van der Waals surface area contributed by atoms with Crippen LogP contribution in [0.25, 0.3) is 39.0 Å². The van der Waals surface area contributed by atoms with Gasteiger partial charge in [0, 0.05) is 48.4 Å². The van der Waals surface area contributed by atoms with Crippen LogP contribution in [-0.2, 0) is 23.2 Å². The van der Waals surface area contributed by atoms with Crippen molar-refractivity contribution in [3.63, 3.8) is 0 Å². The Morgan fingerprint density at radius 3 is 2.38 bits per heavy atom. The van der Waals surface area contributed by atoms with E-state index in [0.29, 0.717) is 70.4 Å². The molecule has 3 aromatic carbocycles. The quantitative estimate of drug-likeness (QED) is 0.147. The number of imidazole rings is 1. The fraction of sp³-hybridized carbons (Fsp3) is 0.412. The number of ether oxygens (including phenoxy) is 1. The van der Waals surface area contributed by atoms with Gasteiger partial charge in [-0.15, -0.1) is 0 Å². The van der Waals surface area contributed by atoms with Crippen molar-refractivity contribution in [1.82, 2.24) is 48.3 Å². The normalized spacial score (nSPS) is 21.4. The van der Waals surface area contributed by atoms with E-state index in [4.69, 9.17) is 14.4 Å². The van der Waals surface area contributed by atoms with Gasteiger partial charge in [0.15, 0.2) is 11.6 Å². The van der Waals surface area contributed by atoms with Gasteiger partial charge in [-0.05, 0) is 139 Å². The molecule has 0 spiro atoms. The number of H-pyrrole nitrogens is 1. The smallest absolute Gasteiger partial charge is 0.389 e. The van der Waals surface area contributed by atoms with Gasteiger partial charge >= 0.3 is 11.4 Å². The first-order valence-electron chi connectivity index (χ1n) is 23.5. The summed E-state index contributed by atoms with van der Waals surface area (Å²) in [5.41, 5.74) is 2.45. The van der Waals surface area contributed by atoms with Gasteiger partial charge in [-0.2, -0.15) is 10.2 Å². The fourth-order valence-corrected chi connectivity index (χ4v) is 11.2. The highest BCUT2D eigenvalue weighted by Crippen LogP contribution is 2.56. The minimum absolute atomic E-state index is 0.0134. The topological polar surface area (TPSA) is 176 Å². The van der Waals surface area contributed by atoms with Crippen LogP contribution in [0.5, 0.6) is 0 Å².